The number of carbonyl (C=O) groups excluding carboxylic acids is 2. The van der Waals surface area contributed by atoms with Crippen LogP contribution in [0.1, 0.15) is 10.4 Å². The maximum Gasteiger partial charge on any atom is 0.257 e. The van der Waals surface area contributed by atoms with E-state index >= 15 is 0 Å². The average molecular weight is 278 g/mol. The van der Waals surface area contributed by atoms with Crippen molar-refractivity contribution in [1.29, 1.82) is 0 Å². The highest BCUT2D eigenvalue weighted by atomic mass is 16.5. The molecule has 20 heavy (non-hydrogen) atoms. The van der Waals surface area contributed by atoms with Crippen molar-refractivity contribution in [1.82, 2.24) is 9.80 Å². The van der Waals surface area contributed by atoms with Crippen LogP contribution in [0, 0.1) is 0 Å². The van der Waals surface area contributed by atoms with Gasteiger partial charge in [0.05, 0.1) is 19.8 Å². The normalized spacial score (nSPS) is 14.9. The van der Waals surface area contributed by atoms with Crippen molar-refractivity contribution in [2.24, 2.45) is 0 Å². The topological polar surface area (TPSA) is 59.1 Å². The molecule has 1 aromatic rings. The first-order chi connectivity index (χ1) is 9.69. The Bertz CT molecular complexity index is 496. The molecule has 108 valence electrons. The monoisotopic (exact) mass is 278 g/mol. The fourth-order valence-corrected chi connectivity index (χ4v) is 2.18. The second kappa shape index (κ2) is 6.27. The lowest BCUT2D eigenvalue weighted by Crippen LogP contribution is -2.48. The molecule has 6 nitrogen and oxygen atoms in total. The Kier molecular flexibility index (Phi) is 4.45. The zero-order valence-corrected chi connectivity index (χ0v) is 11.7. The number of nitrogens with zero attached hydrogens (tertiary/aromatic N) is 2. The Labute approximate surface area is 117 Å². The zero-order valence-electron chi connectivity index (χ0n) is 11.7. The summed E-state index contributed by atoms with van der Waals surface area (Å²) in [4.78, 5) is 26.5. The first kappa shape index (κ1) is 14.2. The SMILES string of the molecule is COc1ccc(C(=O)N2CCN(C=O)CC2)c(OC)c1. The third-order valence-corrected chi connectivity index (χ3v) is 3.39. The molecule has 1 aliphatic heterocycles. The van der Waals surface area contributed by atoms with E-state index in [0.29, 0.717) is 43.2 Å². The van der Waals surface area contributed by atoms with Crippen molar-refractivity contribution < 1.29 is 19.1 Å². The molecule has 2 rings (SSSR count). The highest BCUT2D eigenvalue weighted by molar-refractivity contribution is 5.97. The molecule has 0 unspecified atom stereocenters. The highest BCUT2D eigenvalue weighted by Crippen LogP contribution is 2.26. The number of benzene rings is 1. The van der Waals surface area contributed by atoms with Gasteiger partial charge in [0.15, 0.2) is 0 Å². The van der Waals surface area contributed by atoms with Crippen molar-refractivity contribution >= 4 is 12.3 Å². The van der Waals surface area contributed by atoms with E-state index in [0.717, 1.165) is 6.41 Å². The standard InChI is InChI=1S/C14H18N2O4/c1-19-11-3-4-12(13(9-11)20-2)14(18)16-7-5-15(10-17)6-8-16/h3-4,9-10H,5-8H2,1-2H3. The minimum atomic E-state index is -0.0879. The van der Waals surface area contributed by atoms with Gasteiger partial charge in [0.25, 0.3) is 5.91 Å². The van der Waals surface area contributed by atoms with Gasteiger partial charge in [-0.25, -0.2) is 0 Å². The second-order valence-electron chi connectivity index (χ2n) is 4.50. The molecule has 0 atom stereocenters. The van der Waals surface area contributed by atoms with Crippen molar-refractivity contribution in [3.05, 3.63) is 23.8 Å². The van der Waals surface area contributed by atoms with Crippen LogP contribution in [0.25, 0.3) is 0 Å². The van der Waals surface area contributed by atoms with Gasteiger partial charge in [0.2, 0.25) is 6.41 Å². The number of ether oxygens (including phenoxy) is 2. The molecular weight excluding hydrogens is 260 g/mol. The molecule has 0 N–H and O–H groups in total. The van der Waals surface area contributed by atoms with Crippen molar-refractivity contribution in [3.63, 3.8) is 0 Å². The van der Waals surface area contributed by atoms with Crippen LogP contribution in [0.3, 0.4) is 0 Å². The van der Waals surface area contributed by atoms with Crippen LogP contribution in [0.15, 0.2) is 18.2 Å². The molecule has 0 radical (unpaired) electrons. The molecule has 6 heteroatoms. The molecule has 0 spiro atoms. The number of carbonyl (C=O) groups is 2. The summed E-state index contributed by atoms with van der Waals surface area (Å²) in [5.74, 6) is 1.05. The quantitative estimate of drug-likeness (QED) is 0.758. The molecule has 0 aliphatic carbocycles. The van der Waals surface area contributed by atoms with E-state index in [1.807, 2.05) is 0 Å². The van der Waals surface area contributed by atoms with Gasteiger partial charge >= 0.3 is 0 Å². The number of hydrogen-bond donors (Lipinski definition) is 0. The summed E-state index contributed by atoms with van der Waals surface area (Å²) in [5.41, 5.74) is 0.507. The molecule has 2 amide bonds. The third-order valence-electron chi connectivity index (χ3n) is 3.39. The molecular formula is C14H18N2O4. The summed E-state index contributed by atoms with van der Waals surface area (Å²) in [6.45, 7) is 2.20. The predicted molar refractivity (Wildman–Crippen MR) is 73.1 cm³/mol. The Morgan fingerprint density at radius 1 is 1.15 bits per heavy atom. The van der Waals surface area contributed by atoms with Crippen molar-refractivity contribution in [2.75, 3.05) is 40.4 Å². The van der Waals surface area contributed by atoms with E-state index < -0.39 is 0 Å². The van der Waals surface area contributed by atoms with E-state index in [4.69, 9.17) is 9.47 Å². The van der Waals surface area contributed by atoms with E-state index in [1.165, 1.54) is 7.11 Å². The van der Waals surface area contributed by atoms with E-state index in [1.54, 1.807) is 35.1 Å². The number of piperazine rings is 1. The van der Waals surface area contributed by atoms with Crippen molar-refractivity contribution in [3.8, 4) is 11.5 Å². The summed E-state index contributed by atoms with van der Waals surface area (Å²) in [7, 11) is 3.09. The van der Waals surface area contributed by atoms with E-state index in [2.05, 4.69) is 0 Å². The van der Waals surface area contributed by atoms with E-state index in [9.17, 15) is 9.59 Å². The minimum Gasteiger partial charge on any atom is -0.497 e. The van der Waals surface area contributed by atoms with Crippen LogP contribution < -0.4 is 9.47 Å². The van der Waals surface area contributed by atoms with Crippen LogP contribution in [-0.2, 0) is 4.79 Å². The maximum atomic E-state index is 12.5. The lowest BCUT2D eigenvalue weighted by Gasteiger charge is -2.32. The molecule has 1 aliphatic rings. The van der Waals surface area contributed by atoms with Gasteiger partial charge in [-0.2, -0.15) is 0 Å². The minimum absolute atomic E-state index is 0.0879. The summed E-state index contributed by atoms with van der Waals surface area (Å²) in [5, 5.41) is 0. The molecule has 0 bridgehead atoms. The van der Waals surface area contributed by atoms with Crippen LogP contribution in [0.5, 0.6) is 11.5 Å². The zero-order chi connectivity index (χ0) is 14.5. The summed E-state index contributed by atoms with van der Waals surface area (Å²) < 4.78 is 10.4. The summed E-state index contributed by atoms with van der Waals surface area (Å²) in [6.07, 6.45) is 0.815. The summed E-state index contributed by atoms with van der Waals surface area (Å²) in [6, 6.07) is 5.12. The molecule has 1 heterocycles. The molecule has 0 aromatic heterocycles. The first-order valence-corrected chi connectivity index (χ1v) is 6.40. The lowest BCUT2D eigenvalue weighted by atomic mass is 10.1. The molecule has 0 saturated carbocycles. The van der Waals surface area contributed by atoms with Gasteiger partial charge < -0.3 is 19.3 Å². The largest absolute Gasteiger partial charge is 0.497 e. The smallest absolute Gasteiger partial charge is 0.257 e. The molecule has 1 aromatic carbocycles. The highest BCUT2D eigenvalue weighted by Gasteiger charge is 2.23. The number of amides is 2. The lowest BCUT2D eigenvalue weighted by molar-refractivity contribution is -0.119. The van der Waals surface area contributed by atoms with Gasteiger partial charge in [-0.15, -0.1) is 0 Å². The van der Waals surface area contributed by atoms with Gasteiger partial charge in [0.1, 0.15) is 11.5 Å². The summed E-state index contributed by atoms with van der Waals surface area (Å²) >= 11 is 0. The second-order valence-corrected chi connectivity index (χ2v) is 4.50. The average Bonchev–Trinajstić information content (AvgIpc) is 2.53. The fourth-order valence-electron chi connectivity index (χ4n) is 2.18. The van der Waals surface area contributed by atoms with E-state index in [-0.39, 0.29) is 5.91 Å². The number of rotatable bonds is 4. The molecule has 1 fully saturated rings. The third kappa shape index (κ3) is 2.84. The van der Waals surface area contributed by atoms with Gasteiger partial charge in [-0.05, 0) is 12.1 Å². The Morgan fingerprint density at radius 3 is 2.40 bits per heavy atom. The first-order valence-electron chi connectivity index (χ1n) is 6.40. The fraction of sp³-hybridized carbons (Fsp3) is 0.429. The van der Waals surface area contributed by atoms with Crippen LogP contribution in [-0.4, -0.2) is 62.5 Å². The molecule has 1 saturated heterocycles. The Morgan fingerprint density at radius 2 is 1.85 bits per heavy atom. The number of hydrogen-bond acceptors (Lipinski definition) is 4. The van der Waals surface area contributed by atoms with Crippen LogP contribution in [0.2, 0.25) is 0 Å². The van der Waals surface area contributed by atoms with Gasteiger partial charge in [-0.3, -0.25) is 9.59 Å². The Hall–Kier alpha value is -2.24. The van der Waals surface area contributed by atoms with Crippen molar-refractivity contribution in [2.45, 2.75) is 0 Å². The predicted octanol–water partition coefficient (Wildman–Crippen LogP) is 0.618. The van der Waals surface area contributed by atoms with Crippen LogP contribution in [0.4, 0.5) is 0 Å². The number of methoxy groups -OCH3 is 2. The van der Waals surface area contributed by atoms with Crippen LogP contribution >= 0.6 is 0 Å². The van der Waals surface area contributed by atoms with Gasteiger partial charge in [-0.1, -0.05) is 0 Å². The maximum absolute atomic E-state index is 12.5. The Balaban J connectivity index is 2.15. The van der Waals surface area contributed by atoms with Gasteiger partial charge in [0, 0.05) is 32.2 Å².